The minimum Gasteiger partial charge on any atom is -0.356 e. The smallest absolute Gasteiger partial charge is 0.171 e. The monoisotopic (exact) mass is 326 g/mol. The number of rotatable bonds is 4. The fourth-order valence-corrected chi connectivity index (χ4v) is 3.03. The van der Waals surface area contributed by atoms with Gasteiger partial charge in [-0.1, -0.05) is 31.2 Å². The van der Waals surface area contributed by atoms with E-state index in [2.05, 4.69) is 81.7 Å². The number of benzene rings is 2. The summed E-state index contributed by atoms with van der Waals surface area (Å²) in [6.45, 7) is 10.7. The Hall–Kier alpha value is -1.87. The van der Waals surface area contributed by atoms with Gasteiger partial charge in [0, 0.05) is 5.69 Å². The predicted octanol–water partition coefficient (Wildman–Crippen LogP) is 5.36. The van der Waals surface area contributed by atoms with Crippen molar-refractivity contribution >= 4 is 23.0 Å². The third-order valence-corrected chi connectivity index (χ3v) is 4.35. The van der Waals surface area contributed by atoms with E-state index in [9.17, 15) is 0 Å². The van der Waals surface area contributed by atoms with Crippen molar-refractivity contribution in [2.45, 2.75) is 47.1 Å². The van der Waals surface area contributed by atoms with Gasteiger partial charge in [0.2, 0.25) is 0 Å². The summed E-state index contributed by atoms with van der Waals surface area (Å²) in [6, 6.07) is 13.2. The van der Waals surface area contributed by atoms with Crippen LogP contribution < -0.4 is 10.6 Å². The third kappa shape index (κ3) is 4.80. The average Bonchev–Trinajstić information content (AvgIpc) is 2.46. The highest BCUT2D eigenvalue weighted by atomic mass is 32.1. The summed E-state index contributed by atoms with van der Waals surface area (Å²) in [5.41, 5.74) is 7.42. The largest absolute Gasteiger partial charge is 0.356 e. The van der Waals surface area contributed by atoms with Crippen molar-refractivity contribution in [3.8, 4) is 0 Å². The number of hydrogen-bond donors (Lipinski definition) is 2. The lowest BCUT2D eigenvalue weighted by Crippen LogP contribution is -2.32. The highest BCUT2D eigenvalue weighted by Crippen LogP contribution is 2.20. The Balaban J connectivity index is 2.08. The molecule has 0 aliphatic rings. The van der Waals surface area contributed by atoms with Gasteiger partial charge in [0.05, 0.1) is 6.04 Å². The van der Waals surface area contributed by atoms with E-state index in [1.165, 1.54) is 27.8 Å². The second-order valence-corrected chi connectivity index (χ2v) is 6.69. The molecule has 0 saturated carbocycles. The van der Waals surface area contributed by atoms with Crippen LogP contribution in [0.15, 0.2) is 36.4 Å². The lowest BCUT2D eigenvalue weighted by atomic mass is 9.99. The summed E-state index contributed by atoms with van der Waals surface area (Å²) in [4.78, 5) is 0. The van der Waals surface area contributed by atoms with Gasteiger partial charge in [-0.15, -0.1) is 0 Å². The van der Waals surface area contributed by atoms with Crippen LogP contribution in [0.5, 0.6) is 0 Å². The van der Waals surface area contributed by atoms with Crippen LogP contribution in [0.25, 0.3) is 0 Å². The molecule has 2 nitrogen and oxygen atoms in total. The molecule has 122 valence electrons. The summed E-state index contributed by atoms with van der Waals surface area (Å²) in [7, 11) is 0. The van der Waals surface area contributed by atoms with Gasteiger partial charge in [-0.25, -0.2) is 0 Å². The van der Waals surface area contributed by atoms with Gasteiger partial charge in [0.1, 0.15) is 0 Å². The molecule has 0 unspecified atom stereocenters. The second kappa shape index (κ2) is 7.60. The number of nitrogens with one attached hydrogen (secondary N) is 2. The van der Waals surface area contributed by atoms with Crippen molar-refractivity contribution < 1.29 is 0 Å². The summed E-state index contributed by atoms with van der Waals surface area (Å²) in [6.07, 6.45) is 0.983. The minimum atomic E-state index is 0.222. The Bertz CT molecular complexity index is 687. The zero-order valence-corrected chi connectivity index (χ0v) is 15.5. The van der Waals surface area contributed by atoms with Crippen LogP contribution in [0.1, 0.15) is 47.2 Å². The minimum absolute atomic E-state index is 0.222. The molecule has 0 fully saturated rings. The van der Waals surface area contributed by atoms with Crippen LogP contribution in [0.3, 0.4) is 0 Å². The predicted molar refractivity (Wildman–Crippen MR) is 104 cm³/mol. The Morgan fingerprint density at radius 2 is 1.61 bits per heavy atom. The summed E-state index contributed by atoms with van der Waals surface area (Å²) in [5.74, 6) is 0. The van der Waals surface area contributed by atoms with Gasteiger partial charge in [-0.2, -0.15) is 0 Å². The maximum absolute atomic E-state index is 5.50. The zero-order chi connectivity index (χ0) is 17.0. The molecule has 1 atom stereocenters. The van der Waals surface area contributed by atoms with Crippen molar-refractivity contribution in [2.24, 2.45) is 0 Å². The van der Waals surface area contributed by atoms with Gasteiger partial charge < -0.3 is 10.6 Å². The lowest BCUT2D eigenvalue weighted by molar-refractivity contribution is 0.628. The standard InChI is InChI=1S/C20H26N2S/c1-6-19(17-8-7-15(4)16(5)12-17)22-20(23)21-18-10-13(2)9-14(3)11-18/h7-12,19H,6H2,1-5H3,(H2,21,22,23)/t19-/m0/s1. The van der Waals surface area contributed by atoms with E-state index < -0.39 is 0 Å². The van der Waals surface area contributed by atoms with Gasteiger partial charge in [0.25, 0.3) is 0 Å². The molecule has 3 heteroatoms. The quantitative estimate of drug-likeness (QED) is 0.740. The van der Waals surface area contributed by atoms with Crippen LogP contribution >= 0.6 is 12.2 Å². The molecule has 0 aromatic heterocycles. The Labute approximate surface area is 145 Å². The number of hydrogen-bond acceptors (Lipinski definition) is 1. The van der Waals surface area contributed by atoms with Crippen LogP contribution in [-0.4, -0.2) is 5.11 Å². The van der Waals surface area contributed by atoms with E-state index in [-0.39, 0.29) is 6.04 Å². The summed E-state index contributed by atoms with van der Waals surface area (Å²) in [5, 5.41) is 7.41. The van der Waals surface area contributed by atoms with E-state index in [0.29, 0.717) is 5.11 Å². The first kappa shape index (κ1) is 17.5. The van der Waals surface area contributed by atoms with Crippen LogP contribution in [0.4, 0.5) is 5.69 Å². The fraction of sp³-hybridized carbons (Fsp3) is 0.350. The van der Waals surface area contributed by atoms with Crippen molar-refractivity contribution in [1.29, 1.82) is 0 Å². The molecule has 0 spiro atoms. The number of thiocarbonyl (C=S) groups is 1. The van der Waals surface area contributed by atoms with Crippen molar-refractivity contribution in [1.82, 2.24) is 5.32 Å². The molecule has 0 heterocycles. The van der Waals surface area contributed by atoms with E-state index >= 15 is 0 Å². The number of aryl methyl sites for hydroxylation is 4. The van der Waals surface area contributed by atoms with Crippen LogP contribution in [-0.2, 0) is 0 Å². The molecular formula is C20H26N2S. The molecule has 0 bridgehead atoms. The van der Waals surface area contributed by atoms with Crippen LogP contribution in [0.2, 0.25) is 0 Å². The second-order valence-electron chi connectivity index (χ2n) is 6.28. The maximum Gasteiger partial charge on any atom is 0.171 e. The zero-order valence-electron chi connectivity index (χ0n) is 14.7. The highest BCUT2D eigenvalue weighted by molar-refractivity contribution is 7.80. The first-order valence-corrected chi connectivity index (χ1v) is 8.53. The van der Waals surface area contributed by atoms with E-state index in [4.69, 9.17) is 12.2 Å². The van der Waals surface area contributed by atoms with Gasteiger partial charge >= 0.3 is 0 Å². The maximum atomic E-state index is 5.50. The fourth-order valence-electron chi connectivity index (χ4n) is 2.77. The molecule has 0 amide bonds. The average molecular weight is 327 g/mol. The third-order valence-electron chi connectivity index (χ3n) is 4.13. The normalized spacial score (nSPS) is 11.9. The molecule has 2 rings (SSSR count). The molecular weight excluding hydrogens is 300 g/mol. The van der Waals surface area contributed by atoms with E-state index in [1.807, 2.05) is 0 Å². The molecule has 0 radical (unpaired) electrons. The van der Waals surface area contributed by atoms with Gasteiger partial charge in [-0.3, -0.25) is 0 Å². The SMILES string of the molecule is CC[C@H](NC(=S)Nc1cc(C)cc(C)c1)c1ccc(C)c(C)c1. The summed E-state index contributed by atoms with van der Waals surface area (Å²) >= 11 is 5.50. The molecule has 2 aromatic rings. The molecule has 0 aliphatic carbocycles. The highest BCUT2D eigenvalue weighted by Gasteiger charge is 2.11. The van der Waals surface area contributed by atoms with E-state index in [1.54, 1.807) is 0 Å². The topological polar surface area (TPSA) is 24.1 Å². The molecule has 23 heavy (non-hydrogen) atoms. The Morgan fingerprint density at radius 1 is 0.957 bits per heavy atom. The van der Waals surface area contributed by atoms with E-state index in [0.717, 1.165) is 12.1 Å². The number of anilines is 1. The van der Waals surface area contributed by atoms with Gasteiger partial charge in [-0.05, 0) is 86.3 Å². The molecule has 0 aliphatic heterocycles. The lowest BCUT2D eigenvalue weighted by Gasteiger charge is -2.21. The Kier molecular flexibility index (Phi) is 5.78. The molecule has 2 N–H and O–H groups in total. The van der Waals surface area contributed by atoms with Gasteiger partial charge in [0.15, 0.2) is 5.11 Å². The summed E-state index contributed by atoms with van der Waals surface area (Å²) < 4.78 is 0. The molecule has 2 aromatic carbocycles. The van der Waals surface area contributed by atoms with Crippen molar-refractivity contribution in [2.75, 3.05) is 5.32 Å². The van der Waals surface area contributed by atoms with Crippen LogP contribution in [0, 0.1) is 27.7 Å². The molecule has 0 saturated heterocycles. The van der Waals surface area contributed by atoms with Crippen molar-refractivity contribution in [3.05, 3.63) is 64.2 Å². The Morgan fingerprint density at radius 3 is 2.17 bits per heavy atom. The van der Waals surface area contributed by atoms with Crippen molar-refractivity contribution in [3.63, 3.8) is 0 Å². The first-order valence-electron chi connectivity index (χ1n) is 8.12. The first-order chi connectivity index (χ1) is 10.9.